The Balaban J connectivity index is 2.76. The molecule has 0 radical (unpaired) electrons. The summed E-state index contributed by atoms with van der Waals surface area (Å²) in [4.78, 5) is 11.0. The van der Waals surface area contributed by atoms with Crippen LogP contribution in [-0.2, 0) is 4.74 Å². The Morgan fingerprint density at radius 1 is 1.73 bits per heavy atom. The zero-order valence-corrected chi connectivity index (χ0v) is 6.16. The first-order valence-electron chi connectivity index (χ1n) is 3.24. The molecule has 11 heavy (non-hydrogen) atoms. The van der Waals surface area contributed by atoms with E-state index in [1.54, 1.807) is 6.92 Å². The molecule has 0 fully saturated rings. The van der Waals surface area contributed by atoms with Crippen molar-refractivity contribution in [1.82, 2.24) is 0 Å². The molecule has 0 bridgehead atoms. The maximum atomic E-state index is 11.0. The fraction of sp³-hybridized carbons (Fsp3) is 0.286. The molecule has 1 heterocycles. The fourth-order valence-electron chi connectivity index (χ4n) is 0.682. The first-order valence-corrected chi connectivity index (χ1v) is 3.24. The maximum absolute atomic E-state index is 11.0. The molecule has 1 rings (SSSR count). The summed E-state index contributed by atoms with van der Waals surface area (Å²) in [7, 11) is 0. The Morgan fingerprint density at radius 3 is 2.91 bits per heavy atom. The van der Waals surface area contributed by atoms with Crippen molar-refractivity contribution >= 4 is 11.7 Å². The van der Waals surface area contributed by atoms with Crippen LogP contribution in [0.15, 0.2) is 16.9 Å². The molecule has 1 aromatic heterocycles. The van der Waals surface area contributed by atoms with Crippen LogP contribution < -0.4 is 5.73 Å². The van der Waals surface area contributed by atoms with Gasteiger partial charge in [0.2, 0.25) is 0 Å². The molecule has 0 saturated heterocycles. The van der Waals surface area contributed by atoms with Gasteiger partial charge in [-0.25, -0.2) is 4.79 Å². The number of nitrogen functional groups attached to an aromatic ring is 1. The molecule has 1 aromatic rings. The summed E-state index contributed by atoms with van der Waals surface area (Å²) >= 11 is 0. The van der Waals surface area contributed by atoms with Gasteiger partial charge in [0.1, 0.15) is 18.1 Å². The summed E-state index contributed by atoms with van der Waals surface area (Å²) in [6.45, 7) is 2.07. The highest BCUT2D eigenvalue weighted by molar-refractivity contribution is 5.94. The Bertz CT molecular complexity index is 254. The number of furan rings is 1. The van der Waals surface area contributed by atoms with Crippen molar-refractivity contribution in [2.24, 2.45) is 0 Å². The smallest absolute Gasteiger partial charge is 0.343 e. The number of hydrogen-bond acceptors (Lipinski definition) is 4. The van der Waals surface area contributed by atoms with E-state index in [9.17, 15) is 4.79 Å². The highest BCUT2D eigenvalue weighted by atomic mass is 16.5. The average molecular weight is 155 g/mol. The fourth-order valence-corrected chi connectivity index (χ4v) is 0.682. The van der Waals surface area contributed by atoms with Gasteiger partial charge in [-0.3, -0.25) is 0 Å². The van der Waals surface area contributed by atoms with E-state index in [2.05, 4.69) is 9.15 Å². The first kappa shape index (κ1) is 7.65. The standard InChI is InChI=1S/C7H9NO3/c1-2-11-7(9)5-3-10-4-6(5)8/h3-4H,2,8H2,1H3. The maximum Gasteiger partial charge on any atom is 0.343 e. The molecule has 0 spiro atoms. The zero-order chi connectivity index (χ0) is 8.27. The van der Waals surface area contributed by atoms with Gasteiger partial charge in [-0.2, -0.15) is 0 Å². The molecule has 2 N–H and O–H groups in total. The Kier molecular flexibility index (Phi) is 2.15. The first-order chi connectivity index (χ1) is 5.25. The van der Waals surface area contributed by atoms with Crippen LogP contribution >= 0.6 is 0 Å². The van der Waals surface area contributed by atoms with Gasteiger partial charge in [-0.05, 0) is 6.92 Å². The normalized spacial score (nSPS) is 9.55. The summed E-state index contributed by atoms with van der Waals surface area (Å²) in [5.74, 6) is -0.446. The Hall–Kier alpha value is -1.45. The monoisotopic (exact) mass is 155 g/mol. The second-order valence-electron chi connectivity index (χ2n) is 1.96. The van der Waals surface area contributed by atoms with E-state index in [0.717, 1.165) is 0 Å². The Morgan fingerprint density at radius 2 is 2.45 bits per heavy atom. The summed E-state index contributed by atoms with van der Waals surface area (Å²) in [6, 6.07) is 0. The molecule has 0 atom stereocenters. The van der Waals surface area contributed by atoms with Crippen molar-refractivity contribution < 1.29 is 13.9 Å². The van der Waals surface area contributed by atoms with Gasteiger partial charge in [-0.15, -0.1) is 0 Å². The highest BCUT2D eigenvalue weighted by Crippen LogP contribution is 2.12. The molecule has 60 valence electrons. The number of hydrogen-bond donors (Lipinski definition) is 1. The summed E-state index contributed by atoms with van der Waals surface area (Å²) < 4.78 is 9.38. The lowest BCUT2D eigenvalue weighted by atomic mass is 10.3. The Labute approximate surface area is 63.9 Å². The van der Waals surface area contributed by atoms with Crippen LogP contribution in [0, 0.1) is 0 Å². The van der Waals surface area contributed by atoms with Crippen molar-refractivity contribution in [3.8, 4) is 0 Å². The predicted molar refractivity (Wildman–Crippen MR) is 39.1 cm³/mol. The van der Waals surface area contributed by atoms with E-state index < -0.39 is 5.97 Å². The SMILES string of the molecule is CCOC(=O)c1cocc1N. The minimum Gasteiger partial charge on any atom is -0.469 e. The van der Waals surface area contributed by atoms with Crippen LogP contribution in [0.4, 0.5) is 5.69 Å². The molecular weight excluding hydrogens is 146 g/mol. The lowest BCUT2D eigenvalue weighted by Gasteiger charge is -1.97. The number of carbonyl (C=O) groups excluding carboxylic acids is 1. The highest BCUT2D eigenvalue weighted by Gasteiger charge is 2.11. The number of rotatable bonds is 2. The van der Waals surface area contributed by atoms with E-state index >= 15 is 0 Å². The predicted octanol–water partition coefficient (Wildman–Crippen LogP) is 1.04. The van der Waals surface area contributed by atoms with Crippen LogP contribution in [-0.4, -0.2) is 12.6 Å². The minimum atomic E-state index is -0.446. The van der Waals surface area contributed by atoms with Gasteiger partial charge in [0.25, 0.3) is 0 Å². The molecule has 0 aliphatic heterocycles. The topological polar surface area (TPSA) is 65.5 Å². The second-order valence-corrected chi connectivity index (χ2v) is 1.96. The summed E-state index contributed by atoms with van der Waals surface area (Å²) in [5.41, 5.74) is 5.97. The van der Waals surface area contributed by atoms with E-state index in [-0.39, 0.29) is 5.56 Å². The molecule has 0 aliphatic carbocycles. The van der Waals surface area contributed by atoms with Crippen molar-refractivity contribution in [2.45, 2.75) is 6.92 Å². The molecule has 4 heteroatoms. The van der Waals surface area contributed by atoms with Gasteiger partial charge < -0.3 is 14.9 Å². The van der Waals surface area contributed by atoms with Crippen LogP contribution in [0.2, 0.25) is 0 Å². The second kappa shape index (κ2) is 3.09. The third kappa shape index (κ3) is 1.52. The molecule has 0 unspecified atom stereocenters. The molecule has 0 aliphatic rings. The third-order valence-electron chi connectivity index (χ3n) is 1.19. The van der Waals surface area contributed by atoms with E-state index in [0.29, 0.717) is 12.3 Å². The molecule has 0 saturated carbocycles. The number of carbonyl (C=O) groups is 1. The van der Waals surface area contributed by atoms with E-state index in [1.807, 2.05) is 0 Å². The van der Waals surface area contributed by atoms with E-state index in [1.165, 1.54) is 12.5 Å². The molecule has 4 nitrogen and oxygen atoms in total. The van der Waals surface area contributed by atoms with Gasteiger partial charge in [0.15, 0.2) is 0 Å². The minimum absolute atomic E-state index is 0.284. The molecule has 0 aromatic carbocycles. The zero-order valence-electron chi connectivity index (χ0n) is 6.16. The lowest BCUT2D eigenvalue weighted by molar-refractivity contribution is 0.0526. The molecular formula is C7H9NO3. The van der Waals surface area contributed by atoms with Crippen LogP contribution in [0.3, 0.4) is 0 Å². The van der Waals surface area contributed by atoms with Crippen molar-refractivity contribution in [2.75, 3.05) is 12.3 Å². The average Bonchev–Trinajstić information content (AvgIpc) is 2.36. The van der Waals surface area contributed by atoms with Crippen LogP contribution in [0.1, 0.15) is 17.3 Å². The number of nitrogens with two attached hydrogens (primary N) is 1. The van der Waals surface area contributed by atoms with Crippen molar-refractivity contribution in [1.29, 1.82) is 0 Å². The quantitative estimate of drug-likeness (QED) is 0.648. The third-order valence-corrected chi connectivity index (χ3v) is 1.19. The number of anilines is 1. The van der Waals surface area contributed by atoms with Gasteiger partial charge in [0, 0.05) is 0 Å². The van der Waals surface area contributed by atoms with E-state index in [4.69, 9.17) is 5.73 Å². The summed E-state index contributed by atoms with van der Waals surface area (Å²) in [6.07, 6.45) is 2.57. The number of ether oxygens (including phenoxy) is 1. The van der Waals surface area contributed by atoms with Crippen LogP contribution in [0.25, 0.3) is 0 Å². The van der Waals surface area contributed by atoms with Gasteiger partial charge in [-0.1, -0.05) is 0 Å². The van der Waals surface area contributed by atoms with Crippen molar-refractivity contribution in [3.05, 3.63) is 18.1 Å². The van der Waals surface area contributed by atoms with Gasteiger partial charge >= 0.3 is 5.97 Å². The molecule has 0 amide bonds. The van der Waals surface area contributed by atoms with Crippen LogP contribution in [0.5, 0.6) is 0 Å². The van der Waals surface area contributed by atoms with Crippen molar-refractivity contribution in [3.63, 3.8) is 0 Å². The van der Waals surface area contributed by atoms with Gasteiger partial charge in [0.05, 0.1) is 12.3 Å². The number of esters is 1. The largest absolute Gasteiger partial charge is 0.469 e. The lowest BCUT2D eigenvalue weighted by Crippen LogP contribution is -2.05. The summed E-state index contributed by atoms with van der Waals surface area (Å²) in [5, 5.41) is 0.